The third kappa shape index (κ3) is 5.42. The molecule has 29 heavy (non-hydrogen) atoms. The van der Waals surface area contributed by atoms with Crippen LogP contribution in [0.3, 0.4) is 0 Å². The Morgan fingerprint density at radius 1 is 1.10 bits per heavy atom. The number of aromatic amines is 1. The lowest BCUT2D eigenvalue weighted by atomic mass is 10.1. The van der Waals surface area contributed by atoms with E-state index in [-0.39, 0.29) is 19.9 Å². The number of H-pyrrole nitrogens is 1. The standard InChI is InChI=1S/C21H19N3O5/c22-12-15-4-6-18(7-5-15)29-19-3-1-2-16(11-19)10-17-13-24(14-28-9-8-25)21(27)23-20(17)26/h1-7,11,13,25H,8-10,14H2,(H,23,26,27). The lowest BCUT2D eigenvalue weighted by Gasteiger charge is -2.10. The van der Waals surface area contributed by atoms with Gasteiger partial charge in [-0.2, -0.15) is 5.26 Å². The molecule has 0 saturated carbocycles. The maximum absolute atomic E-state index is 12.2. The molecule has 0 aliphatic rings. The smallest absolute Gasteiger partial charge is 0.330 e. The summed E-state index contributed by atoms with van der Waals surface area (Å²) in [6.07, 6.45) is 1.74. The number of nitrogens with one attached hydrogen (secondary N) is 1. The van der Waals surface area contributed by atoms with Crippen LogP contribution in [-0.4, -0.2) is 27.9 Å². The predicted octanol–water partition coefficient (Wildman–Crippen LogP) is 1.76. The van der Waals surface area contributed by atoms with Crippen LogP contribution in [0.4, 0.5) is 0 Å². The zero-order chi connectivity index (χ0) is 20.6. The van der Waals surface area contributed by atoms with E-state index in [1.165, 1.54) is 10.8 Å². The van der Waals surface area contributed by atoms with Gasteiger partial charge in [0.15, 0.2) is 0 Å². The van der Waals surface area contributed by atoms with Crippen LogP contribution in [0.5, 0.6) is 11.5 Å². The Morgan fingerprint density at radius 3 is 2.62 bits per heavy atom. The summed E-state index contributed by atoms with van der Waals surface area (Å²) in [7, 11) is 0. The average molecular weight is 393 g/mol. The quantitative estimate of drug-likeness (QED) is 0.563. The van der Waals surface area contributed by atoms with Gasteiger partial charge in [0.25, 0.3) is 5.56 Å². The van der Waals surface area contributed by atoms with Crippen LogP contribution < -0.4 is 16.0 Å². The van der Waals surface area contributed by atoms with Gasteiger partial charge in [-0.1, -0.05) is 12.1 Å². The van der Waals surface area contributed by atoms with Crippen molar-refractivity contribution in [3.63, 3.8) is 0 Å². The van der Waals surface area contributed by atoms with E-state index in [0.29, 0.717) is 29.0 Å². The molecule has 0 unspecified atom stereocenters. The van der Waals surface area contributed by atoms with Crippen molar-refractivity contribution in [2.75, 3.05) is 13.2 Å². The number of hydrogen-bond donors (Lipinski definition) is 2. The Morgan fingerprint density at radius 2 is 1.90 bits per heavy atom. The minimum absolute atomic E-state index is 0.0645. The third-order valence-electron chi connectivity index (χ3n) is 4.06. The second kappa shape index (κ2) is 9.50. The number of aliphatic hydroxyl groups is 1. The first-order chi connectivity index (χ1) is 14.1. The molecule has 0 bridgehead atoms. The molecule has 8 heteroatoms. The van der Waals surface area contributed by atoms with Crippen molar-refractivity contribution in [3.8, 4) is 17.6 Å². The monoisotopic (exact) mass is 393 g/mol. The normalized spacial score (nSPS) is 10.5. The van der Waals surface area contributed by atoms with Gasteiger partial charge in [-0.05, 0) is 42.0 Å². The average Bonchev–Trinajstić information content (AvgIpc) is 2.72. The largest absolute Gasteiger partial charge is 0.457 e. The molecule has 2 aromatic carbocycles. The maximum Gasteiger partial charge on any atom is 0.330 e. The van der Waals surface area contributed by atoms with Crippen molar-refractivity contribution in [1.29, 1.82) is 5.26 Å². The molecular formula is C21H19N3O5. The summed E-state index contributed by atoms with van der Waals surface area (Å²) < 4.78 is 12.2. The summed E-state index contributed by atoms with van der Waals surface area (Å²) in [5.74, 6) is 1.18. The van der Waals surface area contributed by atoms with Crippen molar-refractivity contribution >= 4 is 0 Å². The fourth-order valence-corrected chi connectivity index (χ4v) is 2.68. The molecule has 1 heterocycles. The second-order valence-electron chi connectivity index (χ2n) is 6.21. The van der Waals surface area contributed by atoms with Crippen LogP contribution in [0.25, 0.3) is 0 Å². The molecule has 0 atom stereocenters. The van der Waals surface area contributed by atoms with Crippen LogP contribution in [0.2, 0.25) is 0 Å². The van der Waals surface area contributed by atoms with Crippen LogP contribution in [0.1, 0.15) is 16.7 Å². The molecule has 0 saturated heterocycles. The minimum Gasteiger partial charge on any atom is -0.457 e. The highest BCUT2D eigenvalue weighted by atomic mass is 16.5. The maximum atomic E-state index is 12.2. The van der Waals surface area contributed by atoms with Crippen molar-refractivity contribution in [1.82, 2.24) is 9.55 Å². The van der Waals surface area contributed by atoms with E-state index in [4.69, 9.17) is 19.8 Å². The summed E-state index contributed by atoms with van der Waals surface area (Å²) in [6.45, 7) is -0.127. The fraction of sp³-hybridized carbons (Fsp3) is 0.190. The lowest BCUT2D eigenvalue weighted by molar-refractivity contribution is 0.0455. The zero-order valence-electron chi connectivity index (χ0n) is 15.5. The number of ether oxygens (including phenoxy) is 2. The van der Waals surface area contributed by atoms with E-state index in [2.05, 4.69) is 11.1 Å². The molecule has 0 amide bonds. The second-order valence-corrected chi connectivity index (χ2v) is 6.21. The Kier molecular flexibility index (Phi) is 6.58. The number of nitriles is 1. The number of aromatic nitrogens is 2. The molecule has 3 aromatic rings. The molecular weight excluding hydrogens is 374 g/mol. The first kappa shape index (κ1) is 20.1. The highest BCUT2D eigenvalue weighted by Crippen LogP contribution is 2.23. The molecule has 0 aliphatic carbocycles. The Hall–Kier alpha value is -3.67. The van der Waals surface area contributed by atoms with Crippen LogP contribution in [-0.2, 0) is 17.9 Å². The third-order valence-corrected chi connectivity index (χ3v) is 4.06. The summed E-state index contributed by atoms with van der Waals surface area (Å²) in [6, 6.07) is 16.0. The van der Waals surface area contributed by atoms with Gasteiger partial charge in [0.1, 0.15) is 18.2 Å². The van der Waals surface area contributed by atoms with Gasteiger partial charge in [0.05, 0.1) is 24.8 Å². The van der Waals surface area contributed by atoms with E-state index in [1.54, 1.807) is 36.4 Å². The van der Waals surface area contributed by atoms with Gasteiger partial charge in [0, 0.05) is 18.2 Å². The van der Waals surface area contributed by atoms with E-state index >= 15 is 0 Å². The predicted molar refractivity (Wildman–Crippen MR) is 105 cm³/mol. The Bertz CT molecular complexity index is 1130. The van der Waals surface area contributed by atoms with Crippen LogP contribution in [0.15, 0.2) is 64.3 Å². The van der Waals surface area contributed by atoms with E-state index in [0.717, 1.165) is 5.56 Å². The number of aliphatic hydroxyl groups excluding tert-OH is 1. The Labute approximate surface area is 166 Å². The molecule has 1 aromatic heterocycles. The SMILES string of the molecule is N#Cc1ccc(Oc2cccc(Cc3cn(COCCO)c(=O)[nH]c3=O)c2)cc1. The van der Waals surface area contributed by atoms with Gasteiger partial charge in [-0.15, -0.1) is 0 Å². The molecule has 2 N–H and O–H groups in total. The van der Waals surface area contributed by atoms with Crippen molar-refractivity contribution in [2.24, 2.45) is 0 Å². The lowest BCUT2D eigenvalue weighted by Crippen LogP contribution is -2.32. The number of benzene rings is 2. The van der Waals surface area contributed by atoms with Gasteiger partial charge < -0.3 is 14.6 Å². The molecule has 0 aliphatic heterocycles. The number of hydrogen-bond acceptors (Lipinski definition) is 6. The number of nitrogens with zero attached hydrogens (tertiary/aromatic N) is 2. The Balaban J connectivity index is 1.77. The van der Waals surface area contributed by atoms with Crippen molar-refractivity contribution in [2.45, 2.75) is 13.2 Å². The molecule has 0 radical (unpaired) electrons. The zero-order valence-corrected chi connectivity index (χ0v) is 15.5. The van der Waals surface area contributed by atoms with Gasteiger partial charge in [0.2, 0.25) is 0 Å². The molecule has 0 fully saturated rings. The minimum atomic E-state index is -0.574. The number of rotatable bonds is 8. The summed E-state index contributed by atoms with van der Waals surface area (Å²) >= 11 is 0. The van der Waals surface area contributed by atoms with E-state index in [9.17, 15) is 9.59 Å². The first-order valence-electron chi connectivity index (χ1n) is 8.87. The van der Waals surface area contributed by atoms with Gasteiger partial charge in [-0.25, -0.2) is 4.79 Å². The van der Waals surface area contributed by atoms with Gasteiger partial charge in [-0.3, -0.25) is 14.3 Å². The van der Waals surface area contributed by atoms with E-state index in [1.807, 2.05) is 12.1 Å². The molecule has 3 rings (SSSR count). The molecule has 0 spiro atoms. The highest BCUT2D eigenvalue weighted by molar-refractivity contribution is 5.39. The van der Waals surface area contributed by atoms with E-state index < -0.39 is 11.2 Å². The first-order valence-corrected chi connectivity index (χ1v) is 8.87. The topological polar surface area (TPSA) is 117 Å². The highest BCUT2D eigenvalue weighted by Gasteiger charge is 2.08. The van der Waals surface area contributed by atoms with Crippen LogP contribution in [0, 0.1) is 11.3 Å². The van der Waals surface area contributed by atoms with Gasteiger partial charge >= 0.3 is 5.69 Å². The van der Waals surface area contributed by atoms with Crippen molar-refractivity contribution < 1.29 is 14.6 Å². The fourth-order valence-electron chi connectivity index (χ4n) is 2.68. The summed E-state index contributed by atoms with van der Waals surface area (Å²) in [5.41, 5.74) is 0.723. The summed E-state index contributed by atoms with van der Waals surface area (Å²) in [5, 5.41) is 17.6. The molecule has 8 nitrogen and oxygen atoms in total. The van der Waals surface area contributed by atoms with Crippen molar-refractivity contribution in [3.05, 3.63) is 92.3 Å². The van der Waals surface area contributed by atoms with Crippen LogP contribution >= 0.6 is 0 Å². The molecule has 148 valence electrons. The summed E-state index contributed by atoms with van der Waals surface area (Å²) in [4.78, 5) is 26.3.